The molecule has 37 heavy (non-hydrogen) atoms. The number of allylic oxidation sites excluding steroid dienone is 4. The second-order valence-electron chi connectivity index (χ2n) is 11.5. The molecule has 0 saturated heterocycles. The van der Waals surface area contributed by atoms with Crippen LogP contribution >= 0.6 is 23.2 Å². The van der Waals surface area contributed by atoms with Crippen LogP contribution in [0.4, 0.5) is 0 Å². The van der Waals surface area contributed by atoms with Crippen molar-refractivity contribution in [3.05, 3.63) is 23.8 Å². The zero-order valence-corrected chi connectivity index (χ0v) is 23.5. The van der Waals surface area contributed by atoms with Gasteiger partial charge in [0, 0.05) is 29.6 Å². The first kappa shape index (κ1) is 28.3. The Morgan fingerprint density at radius 2 is 1.76 bits per heavy atom. The quantitative estimate of drug-likeness (QED) is 0.385. The summed E-state index contributed by atoms with van der Waals surface area (Å²) in [6, 6.07) is 0. The summed E-state index contributed by atoms with van der Waals surface area (Å²) in [6.07, 6.45) is 4.81. The number of alkyl halides is 2. The van der Waals surface area contributed by atoms with Crippen molar-refractivity contribution in [3.63, 3.8) is 0 Å². The van der Waals surface area contributed by atoms with Crippen molar-refractivity contribution in [2.24, 2.45) is 28.6 Å². The first-order chi connectivity index (χ1) is 17.2. The summed E-state index contributed by atoms with van der Waals surface area (Å²) in [6.45, 7) is 8.41. The number of aliphatic hydroxyl groups excluding tert-OH is 1. The largest absolute Gasteiger partial charge is 0.457 e. The van der Waals surface area contributed by atoms with Crippen LogP contribution in [0.5, 0.6) is 0 Å². The average molecular weight is 555 g/mol. The molecule has 4 rings (SSSR count). The lowest BCUT2D eigenvalue weighted by atomic mass is 9.45. The van der Waals surface area contributed by atoms with E-state index in [4.69, 9.17) is 32.7 Å². The fourth-order valence-electron chi connectivity index (χ4n) is 8.00. The fraction of sp³-hybridized carbons (Fsp3) is 0.714. The molecule has 7 nitrogen and oxygen atoms in total. The maximum Gasteiger partial charge on any atom is 0.306 e. The first-order valence-corrected chi connectivity index (χ1v) is 13.9. The molecular formula is C28H36Cl2O7. The minimum Gasteiger partial charge on any atom is -0.457 e. The third-order valence-corrected chi connectivity index (χ3v) is 11.1. The number of Topliss-reactive ketones (excluding diaryl/α,β-unsaturated/α-hetero) is 1. The number of hydrogen-bond donors (Lipinski definition) is 1. The van der Waals surface area contributed by atoms with E-state index in [0.29, 0.717) is 18.4 Å². The number of rotatable bonds is 6. The summed E-state index contributed by atoms with van der Waals surface area (Å²) in [5, 5.41) is 11.3. The molecule has 0 bridgehead atoms. The molecule has 0 spiro atoms. The number of ketones is 2. The Labute approximate surface area is 227 Å². The van der Waals surface area contributed by atoms with Crippen LogP contribution in [0.25, 0.3) is 0 Å². The highest BCUT2D eigenvalue weighted by atomic mass is 35.5. The Kier molecular flexibility index (Phi) is 7.26. The van der Waals surface area contributed by atoms with Gasteiger partial charge in [-0.3, -0.25) is 19.2 Å². The van der Waals surface area contributed by atoms with Crippen molar-refractivity contribution in [1.29, 1.82) is 0 Å². The van der Waals surface area contributed by atoms with Crippen LogP contribution in [0.2, 0.25) is 0 Å². The maximum atomic E-state index is 13.9. The third kappa shape index (κ3) is 3.78. The summed E-state index contributed by atoms with van der Waals surface area (Å²) >= 11 is 14.4. The van der Waals surface area contributed by atoms with Crippen molar-refractivity contribution in [2.75, 3.05) is 6.61 Å². The number of carbonyl (C=O) groups excluding carboxylic acids is 4. The monoisotopic (exact) mass is 554 g/mol. The molecule has 3 saturated carbocycles. The van der Waals surface area contributed by atoms with Crippen molar-refractivity contribution in [2.45, 2.75) is 88.7 Å². The molecule has 204 valence electrons. The molecular weight excluding hydrogens is 519 g/mol. The summed E-state index contributed by atoms with van der Waals surface area (Å²) in [5.41, 5.74) is -2.78. The van der Waals surface area contributed by atoms with Crippen LogP contribution in [0.15, 0.2) is 23.8 Å². The number of fused-ring (bicyclic) bond motifs is 5. The minimum absolute atomic E-state index is 0.0669. The van der Waals surface area contributed by atoms with Crippen LogP contribution in [0.1, 0.15) is 66.7 Å². The van der Waals surface area contributed by atoms with Gasteiger partial charge in [-0.05, 0) is 48.8 Å². The Morgan fingerprint density at radius 1 is 1.11 bits per heavy atom. The summed E-state index contributed by atoms with van der Waals surface area (Å²) in [7, 11) is 0. The average Bonchev–Trinajstić information content (AvgIpc) is 3.07. The standard InChI is InChI=1S/C28H36Cl2O7/c1-6-23(34)36-14-22(33)28(37-24(35)7-2)15(3)10-17-18-12-20(29)19-11-16(31)8-9-25(19,4)27(18,30)21(32)13-26(17,28)5/h8-9,11,15,17-18,20-21,32H,6-7,10,12-14H2,1-5H3/t15-,17-,18-,20-,21-,25-,26-,27-,28?/m0/s1. The molecule has 3 fully saturated rings. The topological polar surface area (TPSA) is 107 Å². The van der Waals surface area contributed by atoms with Crippen molar-refractivity contribution in [1.82, 2.24) is 0 Å². The summed E-state index contributed by atoms with van der Waals surface area (Å²) in [4.78, 5) is 49.5. The molecule has 4 aliphatic rings. The van der Waals surface area contributed by atoms with Crippen molar-refractivity contribution < 1.29 is 33.8 Å². The van der Waals surface area contributed by atoms with E-state index in [1.165, 1.54) is 12.2 Å². The fourth-order valence-corrected chi connectivity index (χ4v) is 8.97. The van der Waals surface area contributed by atoms with Gasteiger partial charge in [0.2, 0.25) is 5.78 Å². The Balaban J connectivity index is 1.83. The van der Waals surface area contributed by atoms with Gasteiger partial charge >= 0.3 is 11.9 Å². The van der Waals surface area contributed by atoms with E-state index < -0.39 is 63.0 Å². The van der Waals surface area contributed by atoms with E-state index in [9.17, 15) is 24.3 Å². The van der Waals surface area contributed by atoms with E-state index in [-0.39, 0.29) is 36.9 Å². The van der Waals surface area contributed by atoms with E-state index in [1.807, 2.05) is 20.8 Å². The van der Waals surface area contributed by atoms with Gasteiger partial charge in [0.25, 0.3) is 0 Å². The number of aliphatic hydroxyl groups is 1. The maximum absolute atomic E-state index is 13.9. The van der Waals surface area contributed by atoms with Crippen LogP contribution in [0.3, 0.4) is 0 Å². The molecule has 1 unspecified atom stereocenters. The zero-order chi connectivity index (χ0) is 27.6. The lowest BCUT2D eigenvalue weighted by molar-refractivity contribution is -0.203. The number of ether oxygens (including phenoxy) is 2. The summed E-state index contributed by atoms with van der Waals surface area (Å²) in [5.74, 6) is -2.71. The molecule has 4 aliphatic carbocycles. The molecule has 0 heterocycles. The number of hydrogen-bond acceptors (Lipinski definition) is 7. The molecule has 1 N–H and O–H groups in total. The minimum atomic E-state index is -1.60. The number of halogens is 2. The highest BCUT2D eigenvalue weighted by Crippen LogP contribution is 2.72. The molecule has 9 atom stereocenters. The second kappa shape index (κ2) is 9.49. The Hall–Kier alpha value is -1.70. The lowest BCUT2D eigenvalue weighted by Gasteiger charge is -2.64. The van der Waals surface area contributed by atoms with Gasteiger partial charge in [0.05, 0.1) is 16.4 Å². The second-order valence-corrected chi connectivity index (χ2v) is 12.6. The predicted octanol–water partition coefficient (Wildman–Crippen LogP) is 4.30. The van der Waals surface area contributed by atoms with Gasteiger partial charge in [-0.2, -0.15) is 0 Å². The van der Waals surface area contributed by atoms with Gasteiger partial charge in [-0.25, -0.2) is 0 Å². The van der Waals surface area contributed by atoms with E-state index in [1.54, 1.807) is 19.9 Å². The van der Waals surface area contributed by atoms with Crippen molar-refractivity contribution >= 4 is 46.7 Å². The normalized spacial score (nSPS) is 44.3. The number of esters is 2. The van der Waals surface area contributed by atoms with E-state index in [2.05, 4.69) is 0 Å². The smallest absolute Gasteiger partial charge is 0.306 e. The van der Waals surface area contributed by atoms with Crippen LogP contribution in [-0.2, 0) is 28.7 Å². The van der Waals surface area contributed by atoms with Gasteiger partial charge in [-0.1, -0.05) is 40.7 Å². The molecule has 0 radical (unpaired) electrons. The molecule has 0 aromatic heterocycles. The highest BCUT2D eigenvalue weighted by molar-refractivity contribution is 6.28. The SMILES string of the molecule is CCC(=O)OCC(=O)C1(OC(=O)CC)[C@@H](C)C[C@H]2[C@@H]3C[C@H](Cl)C4=CC(=O)C=C[C@]4(C)[C@@]3(Cl)[C@@H](O)C[C@@]21C. The van der Waals surface area contributed by atoms with Gasteiger partial charge < -0.3 is 14.6 Å². The van der Waals surface area contributed by atoms with Crippen molar-refractivity contribution in [3.8, 4) is 0 Å². The van der Waals surface area contributed by atoms with Crippen LogP contribution in [0, 0.1) is 28.6 Å². The van der Waals surface area contributed by atoms with Gasteiger partial charge in [0.15, 0.2) is 18.0 Å². The lowest BCUT2D eigenvalue weighted by Crippen LogP contribution is -2.70. The highest BCUT2D eigenvalue weighted by Gasteiger charge is 2.77. The van der Waals surface area contributed by atoms with Gasteiger partial charge in [-0.15, -0.1) is 23.2 Å². The third-order valence-electron chi connectivity index (χ3n) is 9.80. The Morgan fingerprint density at radius 3 is 2.38 bits per heavy atom. The zero-order valence-electron chi connectivity index (χ0n) is 22.0. The van der Waals surface area contributed by atoms with Crippen LogP contribution < -0.4 is 0 Å². The molecule has 0 aromatic carbocycles. The van der Waals surface area contributed by atoms with E-state index >= 15 is 0 Å². The summed E-state index contributed by atoms with van der Waals surface area (Å²) < 4.78 is 11.3. The number of carbonyl (C=O) groups is 4. The molecule has 0 aromatic rings. The van der Waals surface area contributed by atoms with Crippen LogP contribution in [-0.4, -0.2) is 57.2 Å². The first-order valence-electron chi connectivity index (χ1n) is 13.1. The van der Waals surface area contributed by atoms with Gasteiger partial charge in [0.1, 0.15) is 0 Å². The molecule has 0 amide bonds. The molecule has 0 aliphatic heterocycles. The van der Waals surface area contributed by atoms with E-state index in [0.717, 1.165) is 0 Å². The Bertz CT molecular complexity index is 1080. The molecule has 9 heteroatoms. The predicted molar refractivity (Wildman–Crippen MR) is 138 cm³/mol.